The van der Waals surface area contributed by atoms with Crippen molar-refractivity contribution in [2.45, 2.75) is 19.5 Å². The third kappa shape index (κ3) is 4.84. The molecule has 1 heterocycles. The normalized spacial score (nSPS) is 16.7. The van der Waals surface area contributed by atoms with Crippen LogP contribution in [0.2, 0.25) is 0 Å². The van der Waals surface area contributed by atoms with E-state index in [1.807, 2.05) is 43.3 Å². The van der Waals surface area contributed by atoms with Gasteiger partial charge in [0.2, 0.25) is 5.91 Å². The maximum atomic E-state index is 13.8. The Hall–Kier alpha value is -2.44. The van der Waals surface area contributed by atoms with Crippen LogP contribution in [0.3, 0.4) is 0 Å². The molecule has 5 nitrogen and oxygen atoms in total. The summed E-state index contributed by atoms with van der Waals surface area (Å²) >= 11 is 0. The van der Waals surface area contributed by atoms with Gasteiger partial charge in [-0.1, -0.05) is 30.3 Å². The van der Waals surface area contributed by atoms with Gasteiger partial charge in [-0.15, -0.1) is 0 Å². The van der Waals surface area contributed by atoms with E-state index in [1.165, 1.54) is 6.07 Å². The number of methoxy groups -OCH3 is 1. The first-order valence-electron chi connectivity index (χ1n) is 9.22. The molecule has 1 aliphatic rings. The van der Waals surface area contributed by atoms with E-state index < -0.39 is 0 Å². The van der Waals surface area contributed by atoms with Gasteiger partial charge in [-0.3, -0.25) is 14.6 Å². The predicted octanol–water partition coefficient (Wildman–Crippen LogP) is 2.98. The molecule has 1 atom stereocenters. The molecule has 3 rings (SSSR count). The van der Waals surface area contributed by atoms with Crippen molar-refractivity contribution in [2.75, 3.05) is 38.6 Å². The first-order chi connectivity index (χ1) is 13.1. The number of rotatable bonds is 6. The van der Waals surface area contributed by atoms with Gasteiger partial charge in [0, 0.05) is 38.3 Å². The van der Waals surface area contributed by atoms with Crippen LogP contribution in [-0.4, -0.2) is 55.0 Å². The van der Waals surface area contributed by atoms with Gasteiger partial charge in [-0.05, 0) is 25.1 Å². The van der Waals surface area contributed by atoms with E-state index in [0.717, 1.165) is 26.2 Å². The first kappa shape index (κ1) is 19.3. The number of nitrogens with zero attached hydrogens (tertiary/aromatic N) is 2. The summed E-state index contributed by atoms with van der Waals surface area (Å²) in [6, 6.07) is 14.0. The van der Waals surface area contributed by atoms with Gasteiger partial charge in [-0.2, -0.15) is 0 Å². The van der Waals surface area contributed by atoms with Crippen LogP contribution in [0.25, 0.3) is 0 Å². The fourth-order valence-electron chi connectivity index (χ4n) is 3.33. The summed E-state index contributed by atoms with van der Waals surface area (Å²) in [5.41, 5.74) is 1.39. The Morgan fingerprint density at radius 1 is 1.11 bits per heavy atom. The van der Waals surface area contributed by atoms with Gasteiger partial charge < -0.3 is 10.1 Å². The highest BCUT2D eigenvalue weighted by atomic mass is 19.1. The van der Waals surface area contributed by atoms with Crippen LogP contribution in [0.1, 0.15) is 12.5 Å². The molecule has 0 unspecified atom stereocenters. The van der Waals surface area contributed by atoms with Gasteiger partial charge in [0.25, 0.3) is 0 Å². The van der Waals surface area contributed by atoms with Crippen LogP contribution in [0.4, 0.5) is 10.1 Å². The molecule has 0 aliphatic carbocycles. The summed E-state index contributed by atoms with van der Waals surface area (Å²) in [6.07, 6.45) is 0. The number of nitrogens with one attached hydrogen (secondary N) is 1. The Morgan fingerprint density at radius 3 is 2.48 bits per heavy atom. The number of ether oxygens (including phenoxy) is 1. The number of hydrogen-bond acceptors (Lipinski definition) is 4. The van der Waals surface area contributed by atoms with E-state index in [0.29, 0.717) is 23.5 Å². The number of benzene rings is 2. The molecule has 27 heavy (non-hydrogen) atoms. The molecule has 0 spiro atoms. The number of piperazine rings is 1. The summed E-state index contributed by atoms with van der Waals surface area (Å²) < 4.78 is 19.1. The molecule has 1 N–H and O–H groups in total. The van der Waals surface area contributed by atoms with Gasteiger partial charge in [0.1, 0.15) is 11.6 Å². The first-order valence-corrected chi connectivity index (χ1v) is 9.22. The molecule has 2 aromatic rings. The summed E-state index contributed by atoms with van der Waals surface area (Å²) in [4.78, 5) is 17.0. The molecule has 0 aromatic heterocycles. The summed E-state index contributed by atoms with van der Waals surface area (Å²) in [5, 5.41) is 2.95. The van der Waals surface area contributed by atoms with Crippen LogP contribution in [0.15, 0.2) is 48.5 Å². The number of amides is 1. The van der Waals surface area contributed by atoms with Gasteiger partial charge in [0.15, 0.2) is 0 Å². The fourth-order valence-corrected chi connectivity index (χ4v) is 3.33. The third-order valence-corrected chi connectivity index (χ3v) is 5.05. The van der Waals surface area contributed by atoms with Crippen molar-refractivity contribution >= 4 is 11.6 Å². The second-order valence-corrected chi connectivity index (χ2v) is 6.77. The maximum Gasteiger partial charge on any atom is 0.241 e. The second-order valence-electron chi connectivity index (χ2n) is 6.77. The molecule has 1 saturated heterocycles. The summed E-state index contributed by atoms with van der Waals surface area (Å²) in [5.74, 6) is 0.430. The molecule has 1 amide bonds. The molecule has 0 saturated carbocycles. The van der Waals surface area contributed by atoms with E-state index in [4.69, 9.17) is 4.74 Å². The molecular formula is C21H26FN3O2. The van der Waals surface area contributed by atoms with E-state index in [9.17, 15) is 9.18 Å². The van der Waals surface area contributed by atoms with Crippen LogP contribution in [-0.2, 0) is 11.3 Å². The summed E-state index contributed by atoms with van der Waals surface area (Å²) in [6.45, 7) is 5.67. The predicted molar refractivity (Wildman–Crippen MR) is 104 cm³/mol. The Kier molecular flexibility index (Phi) is 6.42. The lowest BCUT2D eigenvalue weighted by Crippen LogP contribution is -2.52. The van der Waals surface area contributed by atoms with Crippen molar-refractivity contribution in [2.24, 2.45) is 0 Å². The number of carbonyl (C=O) groups excluding carboxylic acids is 1. The van der Waals surface area contributed by atoms with E-state index >= 15 is 0 Å². The zero-order chi connectivity index (χ0) is 19.2. The molecule has 1 fully saturated rings. The third-order valence-electron chi connectivity index (χ3n) is 5.05. The molecule has 2 aromatic carbocycles. The molecule has 0 radical (unpaired) electrons. The second kappa shape index (κ2) is 8.97. The lowest BCUT2D eigenvalue weighted by Gasteiger charge is -2.37. The molecular weight excluding hydrogens is 345 g/mol. The number of halogens is 1. The maximum absolute atomic E-state index is 13.8. The summed E-state index contributed by atoms with van der Waals surface area (Å²) in [7, 11) is 1.59. The zero-order valence-electron chi connectivity index (χ0n) is 15.8. The van der Waals surface area contributed by atoms with Crippen LogP contribution in [0, 0.1) is 5.82 Å². The molecule has 144 valence electrons. The highest BCUT2D eigenvalue weighted by Crippen LogP contribution is 2.23. The average Bonchev–Trinajstić information content (AvgIpc) is 2.70. The lowest BCUT2D eigenvalue weighted by atomic mass is 10.1. The minimum absolute atomic E-state index is 0.0537. The topological polar surface area (TPSA) is 44.8 Å². The molecule has 6 heteroatoms. The smallest absolute Gasteiger partial charge is 0.241 e. The highest BCUT2D eigenvalue weighted by molar-refractivity contribution is 5.95. The SMILES string of the molecule is COc1ccccc1NC(=O)[C@H](C)N1CCN(Cc2ccccc2F)CC1. The zero-order valence-corrected chi connectivity index (χ0v) is 15.8. The van der Waals surface area contributed by atoms with Crippen molar-refractivity contribution in [3.63, 3.8) is 0 Å². The van der Waals surface area contributed by atoms with E-state index in [-0.39, 0.29) is 17.8 Å². The van der Waals surface area contributed by atoms with Crippen molar-refractivity contribution in [3.8, 4) is 5.75 Å². The van der Waals surface area contributed by atoms with Crippen molar-refractivity contribution < 1.29 is 13.9 Å². The minimum atomic E-state index is -0.245. The number of anilines is 1. The highest BCUT2D eigenvalue weighted by Gasteiger charge is 2.26. The van der Waals surface area contributed by atoms with Crippen LogP contribution >= 0.6 is 0 Å². The number of para-hydroxylation sites is 2. The quantitative estimate of drug-likeness (QED) is 0.848. The Bertz CT molecular complexity index is 776. The number of hydrogen-bond donors (Lipinski definition) is 1. The van der Waals surface area contributed by atoms with Gasteiger partial charge >= 0.3 is 0 Å². The van der Waals surface area contributed by atoms with E-state index in [1.54, 1.807) is 13.2 Å². The fraction of sp³-hybridized carbons (Fsp3) is 0.381. The van der Waals surface area contributed by atoms with Gasteiger partial charge in [-0.25, -0.2) is 4.39 Å². The van der Waals surface area contributed by atoms with Crippen LogP contribution < -0.4 is 10.1 Å². The number of carbonyl (C=O) groups is 1. The van der Waals surface area contributed by atoms with Gasteiger partial charge in [0.05, 0.1) is 18.8 Å². The lowest BCUT2D eigenvalue weighted by molar-refractivity contribution is -0.121. The van der Waals surface area contributed by atoms with Crippen molar-refractivity contribution in [1.29, 1.82) is 0 Å². The van der Waals surface area contributed by atoms with E-state index in [2.05, 4.69) is 15.1 Å². The molecule has 1 aliphatic heterocycles. The van der Waals surface area contributed by atoms with Crippen molar-refractivity contribution in [1.82, 2.24) is 9.80 Å². The van der Waals surface area contributed by atoms with Crippen LogP contribution in [0.5, 0.6) is 5.75 Å². The largest absolute Gasteiger partial charge is 0.495 e. The Morgan fingerprint density at radius 2 is 1.78 bits per heavy atom. The average molecular weight is 371 g/mol. The van der Waals surface area contributed by atoms with Crippen molar-refractivity contribution in [3.05, 3.63) is 59.9 Å². The monoisotopic (exact) mass is 371 g/mol. The Labute approximate surface area is 159 Å². The Balaban J connectivity index is 1.52. The molecule has 0 bridgehead atoms. The standard InChI is InChI=1S/C21H26FN3O2/c1-16(21(26)23-19-9-5-6-10-20(19)27-2)25-13-11-24(12-14-25)15-17-7-3-4-8-18(17)22/h3-10,16H,11-15H2,1-2H3,(H,23,26)/t16-/m0/s1. The minimum Gasteiger partial charge on any atom is -0.495 e.